The monoisotopic (exact) mass is 433 g/mol. The first-order valence-electron chi connectivity index (χ1n) is 10.8. The summed E-state index contributed by atoms with van der Waals surface area (Å²) in [6.07, 6.45) is 3.02. The van der Waals surface area contributed by atoms with Gasteiger partial charge in [0, 0.05) is 23.9 Å². The van der Waals surface area contributed by atoms with Gasteiger partial charge in [-0.3, -0.25) is 14.8 Å². The number of methoxy groups -OCH3 is 1. The highest BCUT2D eigenvalue weighted by molar-refractivity contribution is 6.10. The Morgan fingerprint density at radius 3 is 2.62 bits per heavy atom. The fourth-order valence-electron chi connectivity index (χ4n) is 3.27. The standard InChI is InChI=1S/C25H31N5O2/c1-6-13-30-16-21(19(4)29-30)15-26-25(27-22-9-7-8-10-23(22)32-5)28-24(31)20-12-11-17(2)18(3)14-20/h7-12,14,16H,6,13,15H2,1-5H3,(H2,26,27,28,31). The number of amides is 1. The lowest BCUT2D eigenvalue weighted by molar-refractivity contribution is 0.0976. The van der Waals surface area contributed by atoms with Crippen molar-refractivity contribution in [2.24, 2.45) is 4.99 Å². The Bertz CT molecular complexity index is 1120. The average Bonchev–Trinajstić information content (AvgIpc) is 3.13. The molecule has 0 aliphatic carbocycles. The van der Waals surface area contributed by atoms with Gasteiger partial charge in [0.1, 0.15) is 5.75 Å². The zero-order chi connectivity index (χ0) is 23.1. The van der Waals surface area contributed by atoms with Crippen LogP contribution in [0, 0.1) is 20.8 Å². The van der Waals surface area contributed by atoms with E-state index < -0.39 is 0 Å². The first-order chi connectivity index (χ1) is 15.4. The minimum Gasteiger partial charge on any atom is -0.495 e. The van der Waals surface area contributed by atoms with Crippen LogP contribution >= 0.6 is 0 Å². The van der Waals surface area contributed by atoms with Crippen molar-refractivity contribution in [2.75, 3.05) is 12.4 Å². The Balaban J connectivity index is 1.87. The third-order valence-electron chi connectivity index (χ3n) is 5.27. The lowest BCUT2D eigenvalue weighted by Gasteiger charge is -2.14. The van der Waals surface area contributed by atoms with E-state index >= 15 is 0 Å². The maximum atomic E-state index is 13.0. The summed E-state index contributed by atoms with van der Waals surface area (Å²) in [7, 11) is 1.61. The summed E-state index contributed by atoms with van der Waals surface area (Å²) in [6.45, 7) is 9.35. The van der Waals surface area contributed by atoms with Crippen LogP contribution in [0.4, 0.5) is 5.69 Å². The molecule has 1 aromatic heterocycles. The highest BCUT2D eigenvalue weighted by atomic mass is 16.5. The van der Waals surface area contributed by atoms with E-state index in [0.717, 1.165) is 35.3 Å². The molecule has 32 heavy (non-hydrogen) atoms. The van der Waals surface area contributed by atoms with Gasteiger partial charge < -0.3 is 10.1 Å². The van der Waals surface area contributed by atoms with Crippen LogP contribution in [0.25, 0.3) is 0 Å². The molecular weight excluding hydrogens is 402 g/mol. The topological polar surface area (TPSA) is 80.5 Å². The van der Waals surface area contributed by atoms with Gasteiger partial charge in [-0.1, -0.05) is 25.1 Å². The summed E-state index contributed by atoms with van der Waals surface area (Å²) in [5.41, 5.74) is 5.44. The number of aromatic nitrogens is 2. The molecule has 1 heterocycles. The van der Waals surface area contributed by atoms with Crippen molar-refractivity contribution in [3.8, 4) is 5.75 Å². The fourth-order valence-corrected chi connectivity index (χ4v) is 3.27. The summed E-state index contributed by atoms with van der Waals surface area (Å²) in [5.74, 6) is 0.778. The van der Waals surface area contributed by atoms with E-state index in [1.165, 1.54) is 0 Å². The van der Waals surface area contributed by atoms with Gasteiger partial charge in [-0.15, -0.1) is 0 Å². The van der Waals surface area contributed by atoms with Gasteiger partial charge in [-0.05, 0) is 62.6 Å². The summed E-state index contributed by atoms with van der Waals surface area (Å²) in [6, 6.07) is 13.2. The van der Waals surface area contributed by atoms with Crippen molar-refractivity contribution in [3.63, 3.8) is 0 Å². The fraction of sp³-hybridized carbons (Fsp3) is 0.320. The molecule has 0 aliphatic heterocycles. The predicted molar refractivity (Wildman–Crippen MR) is 128 cm³/mol. The van der Waals surface area contributed by atoms with E-state index in [4.69, 9.17) is 4.74 Å². The predicted octanol–water partition coefficient (Wildman–Crippen LogP) is 4.63. The van der Waals surface area contributed by atoms with Crippen molar-refractivity contribution in [1.29, 1.82) is 0 Å². The van der Waals surface area contributed by atoms with Gasteiger partial charge in [0.2, 0.25) is 5.96 Å². The molecule has 2 aromatic carbocycles. The Labute approximate surface area is 189 Å². The van der Waals surface area contributed by atoms with Crippen molar-refractivity contribution >= 4 is 17.6 Å². The number of hydrogen-bond acceptors (Lipinski definition) is 4. The highest BCUT2D eigenvalue weighted by Crippen LogP contribution is 2.23. The third-order valence-corrected chi connectivity index (χ3v) is 5.27. The molecule has 0 spiro atoms. The van der Waals surface area contributed by atoms with Gasteiger partial charge in [0.25, 0.3) is 5.91 Å². The molecule has 0 aliphatic rings. The molecule has 0 unspecified atom stereocenters. The number of nitrogens with one attached hydrogen (secondary N) is 2. The molecule has 0 saturated heterocycles. The molecule has 7 nitrogen and oxygen atoms in total. The molecule has 1 amide bonds. The highest BCUT2D eigenvalue weighted by Gasteiger charge is 2.13. The molecule has 168 valence electrons. The van der Waals surface area contributed by atoms with Crippen molar-refractivity contribution < 1.29 is 9.53 Å². The molecule has 3 aromatic rings. The van der Waals surface area contributed by atoms with Crippen LogP contribution in [-0.2, 0) is 13.1 Å². The maximum absolute atomic E-state index is 13.0. The number of hydrogen-bond donors (Lipinski definition) is 2. The van der Waals surface area contributed by atoms with Crippen LogP contribution in [-0.4, -0.2) is 28.8 Å². The van der Waals surface area contributed by atoms with Gasteiger partial charge in [0.15, 0.2) is 0 Å². The number of carbonyl (C=O) groups is 1. The smallest absolute Gasteiger partial charge is 0.257 e. The number of anilines is 1. The summed E-state index contributed by atoms with van der Waals surface area (Å²) in [4.78, 5) is 17.6. The van der Waals surface area contributed by atoms with Crippen LogP contribution in [0.1, 0.15) is 46.1 Å². The van der Waals surface area contributed by atoms with Gasteiger partial charge in [-0.2, -0.15) is 5.10 Å². The van der Waals surface area contributed by atoms with Crippen molar-refractivity contribution in [2.45, 2.75) is 47.2 Å². The molecule has 0 bridgehead atoms. The molecule has 0 fully saturated rings. The summed E-state index contributed by atoms with van der Waals surface area (Å²) >= 11 is 0. The Kier molecular flexibility index (Phi) is 7.65. The van der Waals surface area contributed by atoms with E-state index in [2.05, 4.69) is 27.6 Å². The van der Waals surface area contributed by atoms with E-state index in [1.807, 2.05) is 74.1 Å². The first kappa shape index (κ1) is 23.1. The number of guanidine groups is 1. The molecule has 0 atom stereocenters. The van der Waals surface area contributed by atoms with Crippen LogP contribution in [0.2, 0.25) is 0 Å². The van der Waals surface area contributed by atoms with E-state index in [1.54, 1.807) is 7.11 Å². The van der Waals surface area contributed by atoms with Gasteiger partial charge >= 0.3 is 0 Å². The molecule has 0 saturated carbocycles. The Hall–Kier alpha value is -3.61. The molecule has 7 heteroatoms. The molecule has 2 N–H and O–H groups in total. The van der Waals surface area contributed by atoms with Crippen LogP contribution in [0.15, 0.2) is 53.7 Å². The third kappa shape index (κ3) is 5.75. The van der Waals surface area contributed by atoms with Crippen LogP contribution in [0.3, 0.4) is 0 Å². The molecular formula is C25H31N5O2. The summed E-state index contributed by atoms with van der Waals surface area (Å²) in [5, 5.41) is 10.7. The number of aliphatic imine (C=N–C) groups is 1. The van der Waals surface area contributed by atoms with Crippen LogP contribution < -0.4 is 15.4 Å². The molecule has 3 rings (SSSR count). The number of aryl methyl sites for hydroxylation is 4. The first-order valence-corrected chi connectivity index (χ1v) is 10.8. The van der Waals surface area contributed by atoms with Crippen molar-refractivity contribution in [1.82, 2.24) is 15.1 Å². The normalized spacial score (nSPS) is 11.3. The lowest BCUT2D eigenvalue weighted by atomic mass is 10.1. The number of nitrogens with zero attached hydrogens (tertiary/aromatic N) is 3. The van der Waals surface area contributed by atoms with E-state index in [9.17, 15) is 4.79 Å². The lowest BCUT2D eigenvalue weighted by Crippen LogP contribution is -2.36. The largest absolute Gasteiger partial charge is 0.495 e. The second-order valence-electron chi connectivity index (χ2n) is 7.75. The number of benzene rings is 2. The second-order valence-corrected chi connectivity index (χ2v) is 7.75. The minimum absolute atomic E-state index is 0.229. The number of para-hydroxylation sites is 2. The number of ether oxygens (including phenoxy) is 1. The van der Waals surface area contributed by atoms with E-state index in [-0.39, 0.29) is 5.91 Å². The SMILES string of the molecule is CCCn1cc(CN=C(NC(=O)c2ccc(C)c(C)c2)Nc2ccccc2OC)c(C)n1. The maximum Gasteiger partial charge on any atom is 0.257 e. The van der Waals surface area contributed by atoms with E-state index in [0.29, 0.717) is 29.5 Å². The minimum atomic E-state index is -0.229. The Morgan fingerprint density at radius 2 is 1.91 bits per heavy atom. The molecule has 0 radical (unpaired) electrons. The zero-order valence-corrected chi connectivity index (χ0v) is 19.4. The Morgan fingerprint density at radius 1 is 1.12 bits per heavy atom. The second kappa shape index (κ2) is 10.6. The zero-order valence-electron chi connectivity index (χ0n) is 19.4. The van der Waals surface area contributed by atoms with Gasteiger partial charge in [-0.25, -0.2) is 4.99 Å². The van der Waals surface area contributed by atoms with Crippen LogP contribution in [0.5, 0.6) is 5.75 Å². The van der Waals surface area contributed by atoms with Crippen molar-refractivity contribution in [3.05, 3.63) is 76.6 Å². The number of carbonyl (C=O) groups excluding carboxylic acids is 1. The van der Waals surface area contributed by atoms with Gasteiger partial charge in [0.05, 0.1) is 25.0 Å². The number of rotatable bonds is 7. The summed E-state index contributed by atoms with van der Waals surface area (Å²) < 4.78 is 7.37. The average molecular weight is 434 g/mol. The quantitative estimate of drug-likeness (QED) is 0.421.